The molecule has 16 heavy (non-hydrogen) atoms. The van der Waals surface area contributed by atoms with Gasteiger partial charge in [-0.3, -0.25) is 0 Å². The number of nitrogens with two attached hydrogens (primary N) is 1. The number of hydrogen-bond acceptors (Lipinski definition) is 2. The maximum absolute atomic E-state index is 6.39. The molecule has 2 rings (SSSR count). The summed E-state index contributed by atoms with van der Waals surface area (Å²) in [5.41, 5.74) is 7.63. The quantitative estimate of drug-likeness (QED) is 0.845. The molecule has 2 N–H and O–H groups in total. The predicted octanol–water partition coefficient (Wildman–Crippen LogP) is 3.67. The molecule has 90 valence electrons. The Labute approximate surface area is 98.2 Å². The van der Waals surface area contributed by atoms with Crippen LogP contribution in [0, 0.1) is 11.8 Å². The van der Waals surface area contributed by atoms with Crippen LogP contribution in [0.5, 0.6) is 0 Å². The van der Waals surface area contributed by atoms with Gasteiger partial charge in [-0.25, -0.2) is 0 Å². The molecule has 0 aliphatic heterocycles. The summed E-state index contributed by atoms with van der Waals surface area (Å²) >= 11 is 0. The molecule has 0 amide bonds. The minimum Gasteiger partial charge on any atom is -0.469 e. The van der Waals surface area contributed by atoms with Crippen molar-refractivity contribution in [1.29, 1.82) is 0 Å². The van der Waals surface area contributed by atoms with Gasteiger partial charge < -0.3 is 10.2 Å². The van der Waals surface area contributed by atoms with E-state index in [2.05, 4.69) is 19.9 Å². The van der Waals surface area contributed by atoms with Gasteiger partial charge in [-0.1, -0.05) is 26.7 Å². The van der Waals surface area contributed by atoms with E-state index in [1.807, 2.05) is 0 Å². The Bertz CT molecular complexity index is 331. The average Bonchev–Trinajstić information content (AvgIpc) is 2.76. The van der Waals surface area contributed by atoms with Gasteiger partial charge in [0.2, 0.25) is 0 Å². The molecule has 1 aromatic rings. The fourth-order valence-corrected chi connectivity index (χ4v) is 3.00. The van der Waals surface area contributed by atoms with Crippen molar-refractivity contribution >= 4 is 0 Å². The van der Waals surface area contributed by atoms with Crippen LogP contribution in [0.4, 0.5) is 0 Å². The van der Waals surface area contributed by atoms with Crippen LogP contribution >= 0.6 is 0 Å². The third kappa shape index (κ3) is 2.32. The van der Waals surface area contributed by atoms with Gasteiger partial charge in [0, 0.05) is 18.0 Å². The molecule has 1 saturated carbocycles. The summed E-state index contributed by atoms with van der Waals surface area (Å²) in [5, 5.41) is 0. The Morgan fingerprint density at radius 1 is 1.50 bits per heavy atom. The molecule has 2 nitrogen and oxygen atoms in total. The van der Waals surface area contributed by atoms with Gasteiger partial charge in [0.25, 0.3) is 0 Å². The van der Waals surface area contributed by atoms with Crippen LogP contribution in [-0.4, -0.2) is 0 Å². The molecule has 1 heterocycles. The van der Waals surface area contributed by atoms with Crippen molar-refractivity contribution in [3.8, 4) is 0 Å². The van der Waals surface area contributed by atoms with Crippen molar-refractivity contribution in [2.75, 3.05) is 0 Å². The molecule has 0 radical (unpaired) electrons. The smallest absolute Gasteiger partial charge is 0.108 e. The van der Waals surface area contributed by atoms with Crippen LogP contribution in [0.25, 0.3) is 0 Å². The van der Waals surface area contributed by atoms with Crippen molar-refractivity contribution in [1.82, 2.24) is 0 Å². The summed E-state index contributed by atoms with van der Waals surface area (Å²) in [6.07, 6.45) is 7.97. The lowest BCUT2D eigenvalue weighted by molar-refractivity contribution is 0.246. The standard InChI is InChI=1S/C14H23NO/c1-3-13-12(7-8-16-13)14(15)11-6-4-5-10(2)9-11/h7-8,10-11,14H,3-6,9,15H2,1-2H3. The highest BCUT2D eigenvalue weighted by Gasteiger charge is 2.27. The molecule has 1 aromatic heterocycles. The first-order valence-electron chi connectivity index (χ1n) is 6.54. The van der Waals surface area contributed by atoms with E-state index in [1.54, 1.807) is 6.26 Å². The van der Waals surface area contributed by atoms with Crippen molar-refractivity contribution < 1.29 is 4.42 Å². The maximum atomic E-state index is 6.39. The van der Waals surface area contributed by atoms with Crippen molar-refractivity contribution in [3.05, 3.63) is 23.7 Å². The molecule has 0 aromatic carbocycles. The predicted molar refractivity (Wildman–Crippen MR) is 66.1 cm³/mol. The zero-order valence-electron chi connectivity index (χ0n) is 10.4. The van der Waals surface area contributed by atoms with Gasteiger partial charge in [0.05, 0.1) is 6.26 Å². The van der Waals surface area contributed by atoms with Crippen LogP contribution in [0.3, 0.4) is 0 Å². The highest BCUT2D eigenvalue weighted by molar-refractivity contribution is 5.22. The minimum absolute atomic E-state index is 0.177. The number of aryl methyl sites for hydroxylation is 1. The van der Waals surface area contributed by atoms with E-state index in [0.717, 1.165) is 18.1 Å². The van der Waals surface area contributed by atoms with Crippen molar-refractivity contribution in [3.63, 3.8) is 0 Å². The second kappa shape index (κ2) is 5.05. The van der Waals surface area contributed by atoms with Crippen LogP contribution in [-0.2, 0) is 6.42 Å². The molecule has 0 saturated heterocycles. The van der Waals surface area contributed by atoms with Crippen molar-refractivity contribution in [2.24, 2.45) is 17.6 Å². The molecular weight excluding hydrogens is 198 g/mol. The molecule has 1 fully saturated rings. The first-order valence-corrected chi connectivity index (χ1v) is 6.54. The van der Waals surface area contributed by atoms with Crippen LogP contribution in [0.1, 0.15) is 56.9 Å². The monoisotopic (exact) mass is 221 g/mol. The summed E-state index contributed by atoms with van der Waals surface area (Å²) in [4.78, 5) is 0. The number of rotatable bonds is 3. The van der Waals surface area contributed by atoms with Crippen LogP contribution in [0.2, 0.25) is 0 Å². The highest BCUT2D eigenvalue weighted by Crippen LogP contribution is 2.37. The SMILES string of the molecule is CCc1occc1C(N)C1CCCC(C)C1. The largest absolute Gasteiger partial charge is 0.469 e. The number of hydrogen-bond donors (Lipinski definition) is 1. The highest BCUT2D eigenvalue weighted by atomic mass is 16.3. The summed E-state index contributed by atoms with van der Waals surface area (Å²) < 4.78 is 5.47. The van der Waals surface area contributed by atoms with Gasteiger partial charge in [-0.2, -0.15) is 0 Å². The summed E-state index contributed by atoms with van der Waals surface area (Å²) in [6, 6.07) is 2.24. The van der Waals surface area contributed by atoms with E-state index in [9.17, 15) is 0 Å². The summed E-state index contributed by atoms with van der Waals surface area (Å²) in [5.74, 6) is 2.55. The first-order chi connectivity index (χ1) is 7.72. The topological polar surface area (TPSA) is 39.2 Å². The normalized spacial score (nSPS) is 27.9. The Kier molecular flexibility index (Phi) is 3.70. The zero-order valence-corrected chi connectivity index (χ0v) is 10.4. The van der Waals surface area contributed by atoms with E-state index in [-0.39, 0.29) is 6.04 Å². The second-order valence-corrected chi connectivity index (χ2v) is 5.21. The summed E-state index contributed by atoms with van der Waals surface area (Å²) in [7, 11) is 0. The van der Waals surface area contributed by atoms with E-state index in [1.165, 1.54) is 31.2 Å². The molecular formula is C14H23NO. The Balaban J connectivity index is 2.09. The second-order valence-electron chi connectivity index (χ2n) is 5.21. The summed E-state index contributed by atoms with van der Waals surface area (Å²) in [6.45, 7) is 4.47. The van der Waals surface area contributed by atoms with Crippen molar-refractivity contribution in [2.45, 2.75) is 52.0 Å². The van der Waals surface area contributed by atoms with Gasteiger partial charge in [-0.05, 0) is 30.7 Å². The molecule has 3 atom stereocenters. The third-order valence-electron chi connectivity index (χ3n) is 3.94. The lowest BCUT2D eigenvalue weighted by atomic mass is 9.77. The first kappa shape index (κ1) is 11.7. The lowest BCUT2D eigenvalue weighted by Gasteiger charge is -2.31. The Hall–Kier alpha value is -0.760. The van der Waals surface area contributed by atoms with E-state index < -0.39 is 0 Å². The van der Waals surface area contributed by atoms with Gasteiger partial charge in [0.15, 0.2) is 0 Å². The average molecular weight is 221 g/mol. The molecule has 2 heteroatoms. The minimum atomic E-state index is 0.177. The molecule has 0 spiro atoms. The Morgan fingerprint density at radius 3 is 3.00 bits per heavy atom. The lowest BCUT2D eigenvalue weighted by Crippen LogP contribution is -2.26. The van der Waals surface area contributed by atoms with Gasteiger partial charge in [-0.15, -0.1) is 0 Å². The van der Waals surface area contributed by atoms with E-state index in [0.29, 0.717) is 5.92 Å². The van der Waals surface area contributed by atoms with E-state index >= 15 is 0 Å². The van der Waals surface area contributed by atoms with Crippen LogP contribution in [0.15, 0.2) is 16.7 Å². The third-order valence-corrected chi connectivity index (χ3v) is 3.94. The molecule has 0 bridgehead atoms. The molecule has 3 unspecified atom stereocenters. The van der Waals surface area contributed by atoms with Crippen LogP contribution < -0.4 is 5.73 Å². The molecule has 1 aliphatic rings. The number of furan rings is 1. The van der Waals surface area contributed by atoms with Gasteiger partial charge in [0.1, 0.15) is 5.76 Å². The Morgan fingerprint density at radius 2 is 2.31 bits per heavy atom. The fourth-order valence-electron chi connectivity index (χ4n) is 3.00. The van der Waals surface area contributed by atoms with E-state index in [4.69, 9.17) is 10.2 Å². The molecule has 1 aliphatic carbocycles. The maximum Gasteiger partial charge on any atom is 0.108 e. The zero-order chi connectivity index (χ0) is 11.5. The fraction of sp³-hybridized carbons (Fsp3) is 0.714. The van der Waals surface area contributed by atoms with Gasteiger partial charge >= 0.3 is 0 Å².